The predicted molar refractivity (Wildman–Crippen MR) is 46.7 cm³/mol. The molecule has 1 heteroatoms. The molecule has 0 aliphatic carbocycles. The normalized spacial score (nSPS) is 9.18. The smallest absolute Gasteiger partial charge is 0.150 e. The van der Waals surface area contributed by atoms with Gasteiger partial charge in [0, 0.05) is 5.56 Å². The maximum absolute atomic E-state index is 10.6. The minimum Gasteiger partial charge on any atom is -0.298 e. The standard InChI is InChI=1S/C10H10O/c1-3-9-6-4-5-8(2)10(9)7-11/h3-7H,1H2,2H3. The number of hydrogen-bond donors (Lipinski definition) is 0. The SMILES string of the molecule is C=Cc1cccc(C)c1C=O. The maximum atomic E-state index is 10.6. The first-order valence-corrected chi connectivity index (χ1v) is 3.47. The molecule has 1 aromatic carbocycles. The highest BCUT2D eigenvalue weighted by molar-refractivity contribution is 5.83. The van der Waals surface area contributed by atoms with Gasteiger partial charge in [0.05, 0.1) is 0 Å². The lowest BCUT2D eigenvalue weighted by atomic mass is 10.0. The van der Waals surface area contributed by atoms with E-state index in [9.17, 15) is 4.79 Å². The van der Waals surface area contributed by atoms with Gasteiger partial charge in [0.15, 0.2) is 6.29 Å². The number of carbonyl (C=O) groups excluding carboxylic acids is 1. The van der Waals surface area contributed by atoms with Crippen molar-refractivity contribution in [1.82, 2.24) is 0 Å². The van der Waals surface area contributed by atoms with Gasteiger partial charge in [-0.3, -0.25) is 4.79 Å². The van der Waals surface area contributed by atoms with E-state index in [4.69, 9.17) is 0 Å². The number of carbonyl (C=O) groups is 1. The average Bonchev–Trinajstić information content (AvgIpc) is 2.04. The van der Waals surface area contributed by atoms with Crippen LogP contribution in [-0.4, -0.2) is 6.29 Å². The summed E-state index contributed by atoms with van der Waals surface area (Å²) in [6.07, 6.45) is 2.56. The Morgan fingerprint density at radius 2 is 2.18 bits per heavy atom. The second-order valence-electron chi connectivity index (χ2n) is 2.40. The number of benzene rings is 1. The van der Waals surface area contributed by atoms with E-state index < -0.39 is 0 Å². The first-order chi connectivity index (χ1) is 5.29. The van der Waals surface area contributed by atoms with Gasteiger partial charge in [0.1, 0.15) is 0 Å². The summed E-state index contributed by atoms with van der Waals surface area (Å²) in [6.45, 7) is 5.54. The van der Waals surface area contributed by atoms with E-state index in [-0.39, 0.29) is 0 Å². The Morgan fingerprint density at radius 1 is 1.45 bits per heavy atom. The van der Waals surface area contributed by atoms with E-state index >= 15 is 0 Å². The summed E-state index contributed by atoms with van der Waals surface area (Å²) in [4.78, 5) is 10.6. The molecule has 1 rings (SSSR count). The summed E-state index contributed by atoms with van der Waals surface area (Å²) in [6, 6.07) is 5.71. The van der Waals surface area contributed by atoms with Gasteiger partial charge < -0.3 is 0 Å². The molecule has 0 saturated carbocycles. The molecule has 0 aromatic heterocycles. The van der Waals surface area contributed by atoms with Crippen molar-refractivity contribution in [3.05, 3.63) is 41.5 Å². The third-order valence-electron chi connectivity index (χ3n) is 1.70. The number of hydrogen-bond acceptors (Lipinski definition) is 1. The molecule has 0 N–H and O–H groups in total. The fraction of sp³-hybridized carbons (Fsp3) is 0.100. The highest BCUT2D eigenvalue weighted by Gasteiger charge is 1.99. The van der Waals surface area contributed by atoms with E-state index in [1.807, 2.05) is 25.1 Å². The number of aldehydes is 1. The molecule has 0 bridgehead atoms. The molecule has 0 saturated heterocycles. The number of aryl methyl sites for hydroxylation is 1. The minimum atomic E-state index is 0.738. The van der Waals surface area contributed by atoms with E-state index in [1.165, 1.54) is 0 Å². The van der Waals surface area contributed by atoms with E-state index in [1.54, 1.807) is 6.08 Å². The molecule has 0 heterocycles. The Labute approximate surface area is 66.4 Å². The van der Waals surface area contributed by atoms with Crippen molar-refractivity contribution in [2.24, 2.45) is 0 Å². The first kappa shape index (κ1) is 7.73. The van der Waals surface area contributed by atoms with Gasteiger partial charge in [0.2, 0.25) is 0 Å². The summed E-state index contributed by atoms with van der Waals surface area (Å²) in [5.74, 6) is 0. The molecular formula is C10H10O. The summed E-state index contributed by atoms with van der Waals surface area (Å²) in [5, 5.41) is 0. The topological polar surface area (TPSA) is 17.1 Å². The van der Waals surface area contributed by atoms with Crippen molar-refractivity contribution in [3.8, 4) is 0 Å². The maximum Gasteiger partial charge on any atom is 0.150 e. The molecule has 0 aliphatic heterocycles. The predicted octanol–water partition coefficient (Wildman–Crippen LogP) is 2.45. The Balaban J connectivity index is 3.35. The van der Waals surface area contributed by atoms with Gasteiger partial charge in [0.25, 0.3) is 0 Å². The minimum absolute atomic E-state index is 0.738. The molecular weight excluding hydrogens is 136 g/mol. The first-order valence-electron chi connectivity index (χ1n) is 3.47. The highest BCUT2D eigenvalue weighted by atomic mass is 16.1. The molecule has 0 radical (unpaired) electrons. The zero-order valence-electron chi connectivity index (χ0n) is 6.50. The van der Waals surface area contributed by atoms with Crippen LogP contribution in [0, 0.1) is 6.92 Å². The van der Waals surface area contributed by atoms with Gasteiger partial charge >= 0.3 is 0 Å². The Bertz CT molecular complexity index is 287. The van der Waals surface area contributed by atoms with Crippen LogP contribution in [0.4, 0.5) is 0 Å². The van der Waals surface area contributed by atoms with Crippen LogP contribution in [0.5, 0.6) is 0 Å². The van der Waals surface area contributed by atoms with Crippen LogP contribution in [0.2, 0.25) is 0 Å². The average molecular weight is 146 g/mol. The van der Waals surface area contributed by atoms with Gasteiger partial charge in [-0.05, 0) is 18.1 Å². The monoisotopic (exact) mass is 146 g/mol. The van der Waals surface area contributed by atoms with Gasteiger partial charge in [-0.25, -0.2) is 0 Å². The molecule has 0 spiro atoms. The van der Waals surface area contributed by atoms with Crippen LogP contribution >= 0.6 is 0 Å². The third kappa shape index (κ3) is 1.37. The summed E-state index contributed by atoms with van der Waals surface area (Å²) in [5.41, 5.74) is 2.64. The summed E-state index contributed by atoms with van der Waals surface area (Å²) < 4.78 is 0. The van der Waals surface area contributed by atoms with Crippen LogP contribution in [-0.2, 0) is 0 Å². The van der Waals surface area contributed by atoms with E-state index in [0.717, 1.165) is 23.0 Å². The van der Waals surface area contributed by atoms with Crippen LogP contribution < -0.4 is 0 Å². The van der Waals surface area contributed by atoms with Crippen molar-refractivity contribution in [2.75, 3.05) is 0 Å². The Hall–Kier alpha value is -1.37. The van der Waals surface area contributed by atoms with Crippen LogP contribution in [0.15, 0.2) is 24.8 Å². The lowest BCUT2D eigenvalue weighted by molar-refractivity contribution is 0.112. The lowest BCUT2D eigenvalue weighted by Gasteiger charge is -2.00. The van der Waals surface area contributed by atoms with Crippen molar-refractivity contribution in [3.63, 3.8) is 0 Å². The molecule has 0 amide bonds. The van der Waals surface area contributed by atoms with Gasteiger partial charge in [-0.15, -0.1) is 0 Å². The van der Waals surface area contributed by atoms with Crippen LogP contribution in [0.25, 0.3) is 6.08 Å². The van der Waals surface area contributed by atoms with Crippen molar-refractivity contribution < 1.29 is 4.79 Å². The van der Waals surface area contributed by atoms with Crippen LogP contribution in [0.1, 0.15) is 21.5 Å². The second-order valence-corrected chi connectivity index (χ2v) is 2.40. The van der Waals surface area contributed by atoms with E-state index in [2.05, 4.69) is 6.58 Å². The Kier molecular flexibility index (Phi) is 2.21. The molecule has 0 aliphatic rings. The van der Waals surface area contributed by atoms with Crippen LogP contribution in [0.3, 0.4) is 0 Å². The van der Waals surface area contributed by atoms with E-state index in [0.29, 0.717) is 0 Å². The zero-order chi connectivity index (χ0) is 8.27. The van der Waals surface area contributed by atoms with Crippen molar-refractivity contribution in [2.45, 2.75) is 6.92 Å². The fourth-order valence-electron chi connectivity index (χ4n) is 1.04. The molecule has 1 nitrogen and oxygen atoms in total. The quantitative estimate of drug-likeness (QED) is 0.586. The second kappa shape index (κ2) is 3.15. The van der Waals surface area contributed by atoms with Gasteiger partial charge in [-0.1, -0.05) is 30.9 Å². The fourth-order valence-corrected chi connectivity index (χ4v) is 1.04. The molecule has 56 valence electrons. The Morgan fingerprint density at radius 3 is 2.64 bits per heavy atom. The molecule has 1 aromatic rings. The zero-order valence-corrected chi connectivity index (χ0v) is 6.50. The summed E-state index contributed by atoms with van der Waals surface area (Å²) >= 11 is 0. The molecule has 11 heavy (non-hydrogen) atoms. The summed E-state index contributed by atoms with van der Waals surface area (Å²) in [7, 11) is 0. The van der Waals surface area contributed by atoms with Crippen molar-refractivity contribution >= 4 is 12.4 Å². The largest absolute Gasteiger partial charge is 0.298 e. The molecule has 0 unspecified atom stereocenters. The van der Waals surface area contributed by atoms with Gasteiger partial charge in [-0.2, -0.15) is 0 Å². The molecule has 0 atom stereocenters. The highest BCUT2D eigenvalue weighted by Crippen LogP contribution is 2.12. The molecule has 0 fully saturated rings. The lowest BCUT2D eigenvalue weighted by Crippen LogP contribution is -1.89. The number of rotatable bonds is 2. The van der Waals surface area contributed by atoms with Crippen molar-refractivity contribution in [1.29, 1.82) is 0 Å². The third-order valence-corrected chi connectivity index (χ3v) is 1.70.